The highest BCUT2D eigenvalue weighted by Crippen LogP contribution is 2.64. The van der Waals surface area contributed by atoms with Crippen LogP contribution in [0.1, 0.15) is 38.9 Å². The van der Waals surface area contributed by atoms with Gasteiger partial charge >= 0.3 is 0 Å². The summed E-state index contributed by atoms with van der Waals surface area (Å²) in [5.74, 6) is 0.664. The average Bonchev–Trinajstić information content (AvgIpc) is 3.68. The summed E-state index contributed by atoms with van der Waals surface area (Å²) >= 11 is 0. The third-order valence-corrected chi connectivity index (χ3v) is 11.9. The van der Waals surface area contributed by atoms with Crippen molar-refractivity contribution in [2.45, 2.75) is 5.41 Å². The number of benzene rings is 8. The minimum Gasteiger partial charge on any atom is -0.228 e. The minimum atomic E-state index is -0.434. The van der Waals surface area contributed by atoms with Gasteiger partial charge in [-0.3, -0.25) is 0 Å². The van der Waals surface area contributed by atoms with E-state index in [0.717, 1.165) is 39.2 Å². The van der Waals surface area contributed by atoms with Gasteiger partial charge in [0.2, 0.25) is 0 Å². The van der Waals surface area contributed by atoms with E-state index in [9.17, 15) is 0 Å². The normalized spacial score (nSPS) is 14.5. The van der Waals surface area contributed by atoms with Gasteiger partial charge in [0, 0.05) is 16.7 Å². The maximum atomic E-state index is 5.18. The zero-order chi connectivity index (χ0) is 37.9. The van der Waals surface area contributed by atoms with E-state index in [4.69, 9.17) is 9.98 Å². The van der Waals surface area contributed by atoms with Gasteiger partial charge in [-0.2, -0.15) is 0 Å². The molecule has 0 aromatic heterocycles. The molecule has 11 rings (SSSR count). The second kappa shape index (κ2) is 13.1. The number of rotatable bonds is 5. The molecule has 0 saturated heterocycles. The van der Waals surface area contributed by atoms with Crippen molar-refractivity contribution in [1.29, 1.82) is 0 Å². The summed E-state index contributed by atoms with van der Waals surface area (Å²) in [7, 11) is 0. The van der Waals surface area contributed by atoms with Crippen LogP contribution in [-0.2, 0) is 5.41 Å². The number of amidine groups is 1. The smallest absolute Gasteiger partial charge is 0.160 e. The molecule has 0 atom stereocenters. The van der Waals surface area contributed by atoms with Crippen LogP contribution in [0.15, 0.2) is 228 Å². The Labute approximate surface area is 333 Å². The zero-order valence-electron chi connectivity index (χ0n) is 31.2. The fraction of sp³-hybridized carbons (Fsp3) is 0.0182. The van der Waals surface area contributed by atoms with Crippen molar-refractivity contribution in [3.05, 3.63) is 257 Å². The van der Waals surface area contributed by atoms with Crippen LogP contribution in [0.25, 0.3) is 50.2 Å². The Kier molecular flexibility index (Phi) is 7.58. The molecule has 0 unspecified atom stereocenters. The molecule has 0 fully saturated rings. The van der Waals surface area contributed by atoms with Gasteiger partial charge in [-0.05, 0) is 78.4 Å². The van der Waals surface area contributed by atoms with E-state index >= 15 is 0 Å². The molecule has 1 heterocycles. The van der Waals surface area contributed by atoms with E-state index < -0.39 is 5.41 Å². The Morgan fingerprint density at radius 2 is 0.772 bits per heavy atom. The molecular weight excluding hydrogens is 689 g/mol. The lowest BCUT2D eigenvalue weighted by Crippen LogP contribution is -2.26. The number of hydrogen-bond acceptors (Lipinski definition) is 2. The Balaban J connectivity index is 1.05. The number of allylic oxidation sites excluding steroid dienone is 2. The summed E-state index contributed by atoms with van der Waals surface area (Å²) < 4.78 is 0. The van der Waals surface area contributed by atoms with Crippen molar-refractivity contribution in [3.63, 3.8) is 0 Å². The quantitative estimate of drug-likeness (QED) is 0.169. The second-order valence-corrected chi connectivity index (χ2v) is 14.9. The van der Waals surface area contributed by atoms with Gasteiger partial charge in [-0.1, -0.05) is 207 Å². The highest BCUT2D eigenvalue weighted by molar-refractivity contribution is 6.22. The van der Waals surface area contributed by atoms with Crippen LogP contribution in [-0.4, -0.2) is 11.5 Å². The lowest BCUT2D eigenvalue weighted by molar-refractivity contribution is 0.796. The molecule has 0 N–H and O–H groups in total. The first-order chi connectivity index (χ1) is 28.2. The summed E-state index contributed by atoms with van der Waals surface area (Å²) in [5.41, 5.74) is 20.4. The van der Waals surface area contributed by atoms with Crippen molar-refractivity contribution < 1.29 is 0 Å². The summed E-state index contributed by atoms with van der Waals surface area (Å²) in [6.45, 7) is 4.47. The van der Waals surface area contributed by atoms with E-state index in [1.54, 1.807) is 0 Å². The molecule has 0 amide bonds. The third-order valence-electron chi connectivity index (χ3n) is 11.9. The van der Waals surface area contributed by atoms with Gasteiger partial charge in [-0.15, -0.1) is 0 Å². The van der Waals surface area contributed by atoms with Crippen molar-refractivity contribution in [1.82, 2.24) is 0 Å². The molecule has 2 nitrogen and oxygen atoms in total. The van der Waals surface area contributed by atoms with E-state index in [0.29, 0.717) is 5.84 Å². The first-order valence-corrected chi connectivity index (χ1v) is 19.5. The van der Waals surface area contributed by atoms with Crippen LogP contribution in [0, 0.1) is 0 Å². The van der Waals surface area contributed by atoms with Crippen LogP contribution in [0.4, 0.5) is 0 Å². The van der Waals surface area contributed by atoms with Crippen LogP contribution in [0.5, 0.6) is 0 Å². The Morgan fingerprint density at radius 3 is 1.37 bits per heavy atom. The topological polar surface area (TPSA) is 24.7 Å². The molecule has 57 heavy (non-hydrogen) atoms. The number of nitrogens with zero attached hydrogens (tertiary/aromatic N) is 2. The third kappa shape index (κ3) is 5.04. The lowest BCUT2D eigenvalue weighted by atomic mass is 9.68. The van der Waals surface area contributed by atoms with Gasteiger partial charge in [0.15, 0.2) is 5.84 Å². The summed E-state index contributed by atoms with van der Waals surface area (Å²) in [4.78, 5) is 10.3. The maximum absolute atomic E-state index is 5.18. The number of aliphatic imine (C=N–C) groups is 2. The Hall–Kier alpha value is -7.42. The molecule has 0 radical (unpaired) electrons. The van der Waals surface area contributed by atoms with Crippen molar-refractivity contribution in [3.8, 4) is 44.5 Å². The van der Waals surface area contributed by atoms with Gasteiger partial charge in [0.25, 0.3) is 0 Å². The molecule has 1 spiro atoms. The molecule has 3 aliphatic rings. The van der Waals surface area contributed by atoms with Crippen LogP contribution in [0.2, 0.25) is 0 Å². The van der Waals surface area contributed by atoms with Gasteiger partial charge in [-0.25, -0.2) is 9.98 Å². The molecule has 8 aromatic rings. The largest absolute Gasteiger partial charge is 0.228 e. The fourth-order valence-electron chi connectivity index (χ4n) is 9.46. The summed E-state index contributed by atoms with van der Waals surface area (Å²) in [6.07, 6.45) is 2.06. The van der Waals surface area contributed by atoms with Gasteiger partial charge in [0.05, 0.1) is 16.8 Å². The number of hydrogen-bond donors (Lipinski definition) is 0. The van der Waals surface area contributed by atoms with E-state index in [2.05, 4.69) is 176 Å². The van der Waals surface area contributed by atoms with Crippen molar-refractivity contribution >= 4 is 17.2 Å². The van der Waals surface area contributed by atoms with Gasteiger partial charge < -0.3 is 0 Å². The molecule has 0 saturated carbocycles. The van der Waals surface area contributed by atoms with Crippen molar-refractivity contribution in [2.24, 2.45) is 9.98 Å². The SMILES string of the molecule is C=C1C=C(c2ccc(-c3ccccc3-c3cccc4c3C3(c5ccccc5-c5ccccc53)c3ccccc3-4)cc2)N=C(c2ccccc2)N=C1c1ccccc1. The highest BCUT2D eigenvalue weighted by Gasteiger charge is 2.52. The standard InChI is InChI=1S/C55H36N2/c1-36-35-51(56-54(40-19-6-3-7-20-40)57-53(36)39-17-4-2-5-18-39)38-33-31-37(32-34-38)41-21-8-9-22-42(41)46-26-16-27-47-45-25-12-15-30-50(45)55(52(46)47)48-28-13-10-23-43(48)44-24-11-14-29-49(44)55/h2-35H,1H2. The Bertz CT molecular complexity index is 2940. The fourth-order valence-corrected chi connectivity index (χ4v) is 9.46. The van der Waals surface area contributed by atoms with E-state index in [-0.39, 0.29) is 0 Å². The molecule has 266 valence electrons. The first kappa shape index (κ1) is 33.0. The molecule has 2 heteroatoms. The van der Waals surface area contributed by atoms with Crippen LogP contribution >= 0.6 is 0 Å². The molecule has 2 aliphatic carbocycles. The molecule has 1 aliphatic heterocycles. The molecule has 8 aromatic carbocycles. The predicted molar refractivity (Wildman–Crippen MR) is 237 cm³/mol. The van der Waals surface area contributed by atoms with E-state index in [1.807, 2.05) is 36.4 Å². The zero-order valence-corrected chi connectivity index (χ0v) is 31.2. The highest BCUT2D eigenvalue weighted by atomic mass is 14.9. The van der Waals surface area contributed by atoms with E-state index in [1.165, 1.54) is 61.2 Å². The number of fused-ring (bicyclic) bond motifs is 10. The van der Waals surface area contributed by atoms with Crippen LogP contribution < -0.4 is 0 Å². The maximum Gasteiger partial charge on any atom is 0.160 e. The Morgan fingerprint density at radius 1 is 0.333 bits per heavy atom. The summed E-state index contributed by atoms with van der Waals surface area (Å²) in [6, 6.07) is 72.0. The molecule has 0 bridgehead atoms. The van der Waals surface area contributed by atoms with Crippen molar-refractivity contribution in [2.75, 3.05) is 0 Å². The summed E-state index contributed by atoms with van der Waals surface area (Å²) in [5, 5.41) is 0. The molecular formula is C55H36N2. The van der Waals surface area contributed by atoms with Crippen LogP contribution in [0.3, 0.4) is 0 Å². The van der Waals surface area contributed by atoms with Gasteiger partial charge in [0.1, 0.15) is 0 Å². The minimum absolute atomic E-state index is 0.434. The monoisotopic (exact) mass is 724 g/mol. The average molecular weight is 725 g/mol. The lowest BCUT2D eigenvalue weighted by Gasteiger charge is -2.32. The predicted octanol–water partition coefficient (Wildman–Crippen LogP) is 13.2. The second-order valence-electron chi connectivity index (χ2n) is 14.9. The first-order valence-electron chi connectivity index (χ1n) is 19.5.